The summed E-state index contributed by atoms with van der Waals surface area (Å²) in [6.07, 6.45) is 13.9. The van der Waals surface area contributed by atoms with Crippen molar-refractivity contribution in [2.75, 3.05) is 6.61 Å². The average molecular weight is 440 g/mol. The third-order valence-corrected chi connectivity index (χ3v) is 11.5. The average Bonchev–Trinajstić information content (AvgIpc) is 3.19. The Labute approximate surface area is 192 Å². The van der Waals surface area contributed by atoms with Crippen LogP contribution in [0.2, 0.25) is 0 Å². The Morgan fingerprint density at radius 3 is 2.62 bits per heavy atom. The van der Waals surface area contributed by atoms with E-state index in [0.717, 1.165) is 44.3 Å². The van der Waals surface area contributed by atoms with Gasteiger partial charge in [0.25, 0.3) is 0 Å². The third kappa shape index (κ3) is 2.72. The fourth-order valence-electron chi connectivity index (χ4n) is 9.58. The second-order valence-corrected chi connectivity index (χ2v) is 13.5. The molecule has 0 aliphatic heterocycles. The monoisotopic (exact) mass is 439 g/mol. The SMILES string of the molecule is CC1(C)CCC2(CO)CCC3C(C(O)C=C4C5(C)Cc6cnoc6CC5CCC43C)C2C1. The van der Waals surface area contributed by atoms with Crippen LogP contribution >= 0.6 is 0 Å². The second kappa shape index (κ2) is 6.72. The highest BCUT2D eigenvalue weighted by molar-refractivity contribution is 5.38. The minimum atomic E-state index is -0.396. The van der Waals surface area contributed by atoms with Crippen molar-refractivity contribution in [1.82, 2.24) is 5.16 Å². The number of rotatable bonds is 1. The molecule has 2 N–H and O–H groups in total. The molecule has 1 heterocycles. The van der Waals surface area contributed by atoms with Crippen molar-refractivity contribution in [3.8, 4) is 0 Å². The molecular formula is C28H41NO3. The highest BCUT2D eigenvalue weighted by Gasteiger charge is 2.63. The summed E-state index contributed by atoms with van der Waals surface area (Å²) in [6, 6.07) is 0. The maximum absolute atomic E-state index is 11.7. The van der Waals surface area contributed by atoms with E-state index in [1.165, 1.54) is 30.4 Å². The number of aliphatic hydroxyl groups is 2. The first-order valence-electron chi connectivity index (χ1n) is 13.1. The van der Waals surface area contributed by atoms with Crippen LogP contribution in [0.4, 0.5) is 0 Å². The molecule has 0 saturated heterocycles. The number of hydrogen-bond donors (Lipinski definition) is 2. The molecule has 3 saturated carbocycles. The van der Waals surface area contributed by atoms with Gasteiger partial charge in [0.2, 0.25) is 0 Å². The zero-order chi connectivity index (χ0) is 22.5. The Balaban J connectivity index is 1.43. The summed E-state index contributed by atoms with van der Waals surface area (Å²) in [6.45, 7) is 10.0. The van der Waals surface area contributed by atoms with Crippen molar-refractivity contribution in [3.63, 3.8) is 0 Å². The molecule has 4 heteroatoms. The quantitative estimate of drug-likeness (QED) is 0.581. The number of aliphatic hydroxyl groups excluding tert-OH is 2. The summed E-state index contributed by atoms with van der Waals surface area (Å²) < 4.78 is 5.58. The molecule has 8 unspecified atom stereocenters. The van der Waals surface area contributed by atoms with Gasteiger partial charge >= 0.3 is 0 Å². The van der Waals surface area contributed by atoms with Gasteiger partial charge < -0.3 is 14.7 Å². The lowest BCUT2D eigenvalue weighted by atomic mass is 9.39. The van der Waals surface area contributed by atoms with E-state index < -0.39 is 6.10 Å². The Kier molecular flexibility index (Phi) is 4.49. The normalized spacial score (nSPS) is 49.1. The van der Waals surface area contributed by atoms with Crippen LogP contribution in [-0.4, -0.2) is 28.1 Å². The van der Waals surface area contributed by atoms with Gasteiger partial charge in [0.1, 0.15) is 5.76 Å². The number of nitrogens with zero attached hydrogens (tertiary/aromatic N) is 1. The first-order valence-corrected chi connectivity index (χ1v) is 13.1. The Bertz CT molecular complexity index is 948. The van der Waals surface area contributed by atoms with Crippen molar-refractivity contribution in [2.45, 2.75) is 91.6 Å². The molecule has 0 radical (unpaired) electrons. The van der Waals surface area contributed by atoms with Gasteiger partial charge in [-0.2, -0.15) is 0 Å². The Morgan fingerprint density at radius 1 is 1.03 bits per heavy atom. The van der Waals surface area contributed by atoms with Gasteiger partial charge in [-0.3, -0.25) is 0 Å². The molecule has 1 aromatic rings. The van der Waals surface area contributed by atoms with Crippen molar-refractivity contribution in [3.05, 3.63) is 29.2 Å². The van der Waals surface area contributed by atoms with Gasteiger partial charge in [0.15, 0.2) is 0 Å². The molecule has 1 aromatic heterocycles. The minimum absolute atomic E-state index is 0.0165. The minimum Gasteiger partial charge on any atom is -0.396 e. The zero-order valence-corrected chi connectivity index (χ0v) is 20.4. The van der Waals surface area contributed by atoms with Crippen LogP contribution < -0.4 is 0 Å². The largest absolute Gasteiger partial charge is 0.396 e. The van der Waals surface area contributed by atoms with Crippen molar-refractivity contribution >= 4 is 0 Å². The maximum atomic E-state index is 11.7. The van der Waals surface area contributed by atoms with E-state index in [0.29, 0.717) is 23.2 Å². The van der Waals surface area contributed by atoms with Gasteiger partial charge in [0, 0.05) is 18.6 Å². The van der Waals surface area contributed by atoms with E-state index >= 15 is 0 Å². The van der Waals surface area contributed by atoms with E-state index in [4.69, 9.17) is 4.52 Å². The van der Waals surface area contributed by atoms with Gasteiger partial charge in [-0.05, 0) is 96.7 Å². The van der Waals surface area contributed by atoms with Crippen LogP contribution in [-0.2, 0) is 12.8 Å². The van der Waals surface area contributed by atoms with Gasteiger partial charge in [-0.1, -0.05) is 44.5 Å². The predicted molar refractivity (Wildman–Crippen MR) is 124 cm³/mol. The standard InChI is InChI=1S/C28H41NO3/c1-25(2)9-10-28(16-30)8-6-19-24(20(28)14-25)21(31)12-23-26(19,3)7-5-18-11-22-17(15-29-32-22)13-27(18,23)4/h12,15,18-21,24,30-31H,5-11,13-14,16H2,1-4H3. The van der Waals surface area contributed by atoms with Crippen LogP contribution in [0.1, 0.15) is 84.0 Å². The summed E-state index contributed by atoms with van der Waals surface area (Å²) in [4.78, 5) is 0. The summed E-state index contributed by atoms with van der Waals surface area (Å²) in [5.41, 5.74) is 3.33. The fraction of sp³-hybridized carbons (Fsp3) is 0.821. The molecule has 5 aliphatic carbocycles. The summed E-state index contributed by atoms with van der Waals surface area (Å²) in [5, 5.41) is 26.4. The second-order valence-electron chi connectivity index (χ2n) is 13.5. The summed E-state index contributed by atoms with van der Waals surface area (Å²) in [5.74, 6) is 2.86. The molecule has 6 rings (SSSR count). The smallest absolute Gasteiger partial charge is 0.140 e. The van der Waals surface area contributed by atoms with Gasteiger partial charge in [-0.15, -0.1) is 0 Å². The van der Waals surface area contributed by atoms with E-state index in [1.807, 2.05) is 6.20 Å². The van der Waals surface area contributed by atoms with Crippen LogP contribution in [0.3, 0.4) is 0 Å². The third-order valence-electron chi connectivity index (χ3n) is 11.5. The van der Waals surface area contributed by atoms with Crippen LogP contribution in [0, 0.1) is 45.3 Å². The molecule has 8 atom stereocenters. The van der Waals surface area contributed by atoms with Crippen molar-refractivity contribution in [1.29, 1.82) is 0 Å². The Hall–Kier alpha value is -1.13. The summed E-state index contributed by atoms with van der Waals surface area (Å²) >= 11 is 0. The molecule has 0 bridgehead atoms. The number of allylic oxidation sites excluding steroid dienone is 1. The van der Waals surface area contributed by atoms with Crippen LogP contribution in [0.15, 0.2) is 22.4 Å². The molecule has 3 fully saturated rings. The lowest BCUT2D eigenvalue weighted by molar-refractivity contribution is -0.152. The van der Waals surface area contributed by atoms with Crippen molar-refractivity contribution < 1.29 is 14.7 Å². The molecular weight excluding hydrogens is 398 g/mol. The highest BCUT2D eigenvalue weighted by atomic mass is 16.5. The molecule has 176 valence electrons. The molecule has 0 spiro atoms. The van der Waals surface area contributed by atoms with E-state index in [-0.39, 0.29) is 28.8 Å². The van der Waals surface area contributed by atoms with Crippen LogP contribution in [0.5, 0.6) is 0 Å². The molecule has 0 aromatic carbocycles. The van der Waals surface area contributed by atoms with Gasteiger partial charge in [-0.25, -0.2) is 0 Å². The predicted octanol–water partition coefficient (Wildman–Crippen LogP) is 5.33. The lowest BCUT2D eigenvalue weighted by Crippen LogP contribution is -2.61. The first-order chi connectivity index (χ1) is 15.1. The van der Waals surface area contributed by atoms with Gasteiger partial charge in [0.05, 0.1) is 12.3 Å². The Morgan fingerprint density at radius 2 is 1.84 bits per heavy atom. The number of fused-ring (bicyclic) bond motifs is 8. The fourth-order valence-corrected chi connectivity index (χ4v) is 9.58. The zero-order valence-electron chi connectivity index (χ0n) is 20.4. The first kappa shape index (κ1) is 21.4. The summed E-state index contributed by atoms with van der Waals surface area (Å²) in [7, 11) is 0. The maximum Gasteiger partial charge on any atom is 0.140 e. The lowest BCUT2D eigenvalue weighted by Gasteiger charge is -2.65. The van der Waals surface area contributed by atoms with Crippen LogP contribution in [0.25, 0.3) is 0 Å². The number of hydrogen-bond acceptors (Lipinski definition) is 4. The molecule has 0 amide bonds. The molecule has 5 aliphatic rings. The topological polar surface area (TPSA) is 66.5 Å². The molecule has 4 nitrogen and oxygen atoms in total. The molecule has 32 heavy (non-hydrogen) atoms. The number of aromatic nitrogens is 1. The highest BCUT2D eigenvalue weighted by Crippen LogP contribution is 2.69. The van der Waals surface area contributed by atoms with Crippen molar-refractivity contribution in [2.24, 2.45) is 45.3 Å². The van der Waals surface area contributed by atoms with E-state index in [2.05, 4.69) is 38.9 Å². The van der Waals surface area contributed by atoms with E-state index in [9.17, 15) is 10.2 Å². The van der Waals surface area contributed by atoms with E-state index in [1.54, 1.807) is 0 Å².